The van der Waals surface area contributed by atoms with Crippen LogP contribution < -0.4 is 5.32 Å². The third-order valence-electron chi connectivity index (χ3n) is 4.11. The standard InChI is InChI=1S/C21H12Cl2N2O4S/c22-14-3-1-2-4-16(14)24-21-25-19(26)18(30-21)10-12-6-8-17(29-12)11-5-7-13(20(27)28)15(23)9-11/h1-10H,(H,27,28)(H,24,25,26)/b18-10-. The van der Waals surface area contributed by atoms with E-state index in [4.69, 9.17) is 32.7 Å². The number of para-hydroxylation sites is 1. The molecule has 0 bridgehead atoms. The molecule has 0 unspecified atom stereocenters. The lowest BCUT2D eigenvalue weighted by Gasteiger charge is -2.01. The highest BCUT2D eigenvalue weighted by Crippen LogP contribution is 2.32. The second-order valence-corrected chi connectivity index (χ2v) is 7.98. The van der Waals surface area contributed by atoms with E-state index in [0.29, 0.717) is 37.9 Å². The van der Waals surface area contributed by atoms with Gasteiger partial charge in [-0.2, -0.15) is 0 Å². The second kappa shape index (κ2) is 8.39. The third kappa shape index (κ3) is 4.28. The summed E-state index contributed by atoms with van der Waals surface area (Å²) < 4.78 is 5.77. The van der Waals surface area contributed by atoms with Crippen molar-refractivity contribution in [3.8, 4) is 11.3 Å². The number of halogens is 2. The van der Waals surface area contributed by atoms with Gasteiger partial charge >= 0.3 is 5.97 Å². The summed E-state index contributed by atoms with van der Waals surface area (Å²) in [7, 11) is 0. The van der Waals surface area contributed by atoms with E-state index in [1.165, 1.54) is 23.9 Å². The Morgan fingerprint density at radius 2 is 1.90 bits per heavy atom. The van der Waals surface area contributed by atoms with E-state index < -0.39 is 5.97 Å². The van der Waals surface area contributed by atoms with Crippen molar-refractivity contribution in [2.45, 2.75) is 0 Å². The predicted molar refractivity (Wildman–Crippen MR) is 118 cm³/mol. The van der Waals surface area contributed by atoms with Gasteiger partial charge in [0, 0.05) is 11.6 Å². The maximum atomic E-state index is 12.3. The quantitative estimate of drug-likeness (QED) is 0.478. The first-order valence-corrected chi connectivity index (χ1v) is 10.1. The van der Waals surface area contributed by atoms with Gasteiger partial charge < -0.3 is 14.8 Å². The maximum Gasteiger partial charge on any atom is 0.337 e. The molecular formula is C21H12Cl2N2O4S. The van der Waals surface area contributed by atoms with E-state index in [2.05, 4.69) is 10.3 Å². The van der Waals surface area contributed by atoms with Crippen LogP contribution >= 0.6 is 35.0 Å². The van der Waals surface area contributed by atoms with Crippen LogP contribution in [-0.2, 0) is 4.79 Å². The third-order valence-corrected chi connectivity index (χ3v) is 5.65. The average Bonchev–Trinajstić information content (AvgIpc) is 3.30. The number of nitrogens with zero attached hydrogens (tertiary/aromatic N) is 1. The van der Waals surface area contributed by atoms with Gasteiger partial charge in [-0.15, -0.1) is 0 Å². The summed E-state index contributed by atoms with van der Waals surface area (Å²) in [4.78, 5) is 28.1. The van der Waals surface area contributed by atoms with E-state index in [-0.39, 0.29) is 16.5 Å². The summed E-state index contributed by atoms with van der Waals surface area (Å²) in [5, 5.41) is 12.8. The fraction of sp³-hybridized carbons (Fsp3) is 0. The Hall–Kier alpha value is -3.00. The molecular weight excluding hydrogens is 447 g/mol. The van der Waals surface area contributed by atoms with Gasteiger partial charge in [-0.05, 0) is 48.2 Å². The maximum absolute atomic E-state index is 12.3. The molecule has 2 N–H and O–H groups in total. The molecule has 30 heavy (non-hydrogen) atoms. The molecule has 1 fully saturated rings. The van der Waals surface area contributed by atoms with Crippen LogP contribution in [-0.4, -0.2) is 22.2 Å². The van der Waals surface area contributed by atoms with Crippen molar-refractivity contribution in [3.05, 3.63) is 80.9 Å². The smallest absolute Gasteiger partial charge is 0.337 e. The molecule has 1 aromatic heterocycles. The van der Waals surface area contributed by atoms with Gasteiger partial charge in [0.15, 0.2) is 5.17 Å². The van der Waals surface area contributed by atoms with E-state index in [0.717, 1.165) is 0 Å². The van der Waals surface area contributed by atoms with E-state index in [1.807, 2.05) is 6.07 Å². The summed E-state index contributed by atoms with van der Waals surface area (Å²) in [5.41, 5.74) is 1.20. The van der Waals surface area contributed by atoms with E-state index >= 15 is 0 Å². The van der Waals surface area contributed by atoms with Crippen molar-refractivity contribution in [1.29, 1.82) is 0 Å². The number of amides is 1. The fourth-order valence-electron chi connectivity index (χ4n) is 2.69. The number of carboxylic acids is 1. The Labute approximate surface area is 185 Å². The number of amidine groups is 1. The topological polar surface area (TPSA) is 91.9 Å². The van der Waals surface area contributed by atoms with Gasteiger partial charge in [0.05, 0.1) is 26.2 Å². The molecule has 0 saturated carbocycles. The van der Waals surface area contributed by atoms with Crippen LogP contribution in [0.4, 0.5) is 5.69 Å². The van der Waals surface area contributed by atoms with Gasteiger partial charge in [0.25, 0.3) is 5.91 Å². The highest BCUT2D eigenvalue weighted by Gasteiger charge is 2.24. The first kappa shape index (κ1) is 20.3. The number of thioether (sulfide) groups is 1. The number of nitrogens with one attached hydrogen (secondary N) is 1. The molecule has 0 aliphatic carbocycles. The summed E-state index contributed by atoms with van der Waals surface area (Å²) in [6.45, 7) is 0. The molecule has 1 aliphatic rings. The number of carboxylic acid groups (broad SMARTS) is 1. The Balaban J connectivity index is 1.56. The first-order chi connectivity index (χ1) is 14.4. The van der Waals surface area contributed by atoms with Crippen molar-refractivity contribution in [2.24, 2.45) is 4.99 Å². The van der Waals surface area contributed by atoms with E-state index in [9.17, 15) is 9.59 Å². The fourth-order valence-corrected chi connectivity index (χ4v) is 3.94. The number of carbonyl (C=O) groups excluding carboxylic acids is 1. The zero-order valence-electron chi connectivity index (χ0n) is 15.1. The normalized spacial score (nSPS) is 16.3. The highest BCUT2D eigenvalue weighted by atomic mass is 35.5. The van der Waals surface area contributed by atoms with Gasteiger partial charge in [-0.3, -0.25) is 4.79 Å². The van der Waals surface area contributed by atoms with E-state index in [1.54, 1.807) is 42.5 Å². The first-order valence-electron chi connectivity index (χ1n) is 8.58. The SMILES string of the molecule is O=C1NC(=Nc2ccccc2Cl)S/C1=C\c1ccc(-c2ccc(C(=O)O)c(Cl)c2)o1. The molecule has 1 amide bonds. The lowest BCUT2D eigenvalue weighted by molar-refractivity contribution is -0.115. The lowest BCUT2D eigenvalue weighted by Crippen LogP contribution is -2.19. The summed E-state index contributed by atoms with van der Waals surface area (Å²) in [5.74, 6) is -0.443. The number of hydrogen-bond donors (Lipinski definition) is 2. The minimum absolute atomic E-state index is 0.0127. The molecule has 2 heterocycles. The molecule has 0 spiro atoms. The van der Waals surface area contributed by atoms with Crippen molar-refractivity contribution in [3.63, 3.8) is 0 Å². The molecule has 4 rings (SSSR count). The van der Waals surface area contributed by atoms with Gasteiger partial charge in [0.2, 0.25) is 0 Å². The monoisotopic (exact) mass is 458 g/mol. The number of benzene rings is 2. The number of aliphatic imine (C=N–C) groups is 1. The second-order valence-electron chi connectivity index (χ2n) is 6.13. The van der Waals surface area contributed by atoms with Crippen molar-refractivity contribution in [2.75, 3.05) is 0 Å². The molecule has 3 aromatic rings. The Bertz CT molecular complexity index is 1230. The van der Waals surface area contributed by atoms with Gasteiger partial charge in [0.1, 0.15) is 11.5 Å². The number of carbonyl (C=O) groups is 2. The average molecular weight is 459 g/mol. The minimum Gasteiger partial charge on any atom is -0.478 e. The Morgan fingerprint density at radius 3 is 2.63 bits per heavy atom. The van der Waals surface area contributed by atoms with Crippen LogP contribution in [0.3, 0.4) is 0 Å². The lowest BCUT2D eigenvalue weighted by atomic mass is 10.1. The summed E-state index contributed by atoms with van der Waals surface area (Å²) >= 11 is 13.3. The number of furan rings is 1. The molecule has 1 saturated heterocycles. The Kier molecular flexibility index (Phi) is 5.67. The number of hydrogen-bond acceptors (Lipinski definition) is 5. The molecule has 0 radical (unpaired) electrons. The minimum atomic E-state index is -1.10. The zero-order chi connectivity index (χ0) is 21.3. The highest BCUT2D eigenvalue weighted by molar-refractivity contribution is 8.18. The van der Waals surface area contributed by atoms with Crippen molar-refractivity contribution >= 4 is 63.8 Å². The Morgan fingerprint density at radius 1 is 1.10 bits per heavy atom. The number of rotatable bonds is 4. The van der Waals surface area contributed by atoms with Crippen LogP contribution in [0.1, 0.15) is 16.1 Å². The summed E-state index contributed by atoms with van der Waals surface area (Å²) in [6.07, 6.45) is 1.60. The molecule has 9 heteroatoms. The van der Waals surface area contributed by atoms with Gasteiger partial charge in [-0.25, -0.2) is 9.79 Å². The number of aromatic carboxylic acids is 1. The van der Waals surface area contributed by atoms with Crippen LogP contribution in [0.2, 0.25) is 10.0 Å². The predicted octanol–water partition coefficient (Wildman–Crippen LogP) is 5.84. The molecule has 6 nitrogen and oxygen atoms in total. The molecule has 0 atom stereocenters. The van der Waals surface area contributed by atoms with Crippen LogP contribution in [0.25, 0.3) is 17.4 Å². The van der Waals surface area contributed by atoms with Crippen molar-refractivity contribution in [1.82, 2.24) is 5.32 Å². The molecule has 2 aromatic carbocycles. The van der Waals surface area contributed by atoms with Crippen molar-refractivity contribution < 1.29 is 19.1 Å². The van der Waals surface area contributed by atoms with Crippen LogP contribution in [0.5, 0.6) is 0 Å². The zero-order valence-corrected chi connectivity index (χ0v) is 17.4. The van der Waals surface area contributed by atoms with Crippen LogP contribution in [0.15, 0.2) is 68.9 Å². The largest absolute Gasteiger partial charge is 0.478 e. The summed E-state index contributed by atoms with van der Waals surface area (Å²) in [6, 6.07) is 15.0. The van der Waals surface area contributed by atoms with Gasteiger partial charge in [-0.1, -0.05) is 41.4 Å². The molecule has 1 aliphatic heterocycles. The molecule has 150 valence electrons. The van der Waals surface area contributed by atoms with Crippen LogP contribution in [0, 0.1) is 0 Å².